The molecule has 7 heteroatoms. The Labute approximate surface area is 117 Å². The average molecular weight is 328 g/mol. The molecular weight excluding hydrogens is 317 g/mol. The Kier molecular flexibility index (Phi) is 3.58. The predicted octanol–water partition coefficient (Wildman–Crippen LogP) is 2.30. The quantitative estimate of drug-likeness (QED) is 0.917. The van der Waals surface area contributed by atoms with Gasteiger partial charge in [0, 0.05) is 6.54 Å². The topological polar surface area (TPSA) is 60.2 Å². The Morgan fingerprint density at radius 3 is 3.11 bits per heavy atom. The molecule has 19 heavy (non-hydrogen) atoms. The Bertz CT molecular complexity index is 584. The minimum atomic E-state index is -0.412. The zero-order valence-corrected chi connectivity index (χ0v) is 11.5. The van der Waals surface area contributed by atoms with Crippen molar-refractivity contribution in [1.82, 2.24) is 15.5 Å². The van der Waals surface area contributed by atoms with Gasteiger partial charge in [-0.1, -0.05) is 11.2 Å². The number of halogens is 2. The summed E-state index contributed by atoms with van der Waals surface area (Å²) in [5.41, 5.74) is 0.282. The monoisotopic (exact) mass is 327 g/mol. The van der Waals surface area contributed by atoms with Crippen molar-refractivity contribution in [1.29, 1.82) is 0 Å². The first-order valence-electron chi connectivity index (χ1n) is 5.85. The van der Waals surface area contributed by atoms with E-state index in [1.807, 2.05) is 0 Å². The zero-order chi connectivity index (χ0) is 13.2. The molecule has 0 saturated carbocycles. The number of nitrogens with one attached hydrogen (secondary N) is 1. The van der Waals surface area contributed by atoms with Crippen molar-refractivity contribution in [2.75, 3.05) is 19.8 Å². The van der Waals surface area contributed by atoms with E-state index >= 15 is 0 Å². The molecule has 5 nitrogen and oxygen atoms in total. The molecule has 100 valence electrons. The van der Waals surface area contributed by atoms with Crippen LogP contribution in [0.3, 0.4) is 0 Å². The SMILES string of the molecule is Fc1c(Br)cccc1-c1nc(C2COCCN2)no1. The number of aromatic nitrogens is 2. The lowest BCUT2D eigenvalue weighted by molar-refractivity contribution is 0.0734. The summed E-state index contributed by atoms with van der Waals surface area (Å²) in [5, 5.41) is 7.09. The van der Waals surface area contributed by atoms with Crippen LogP contribution in [-0.2, 0) is 4.74 Å². The second kappa shape index (κ2) is 5.36. The highest BCUT2D eigenvalue weighted by Crippen LogP contribution is 2.27. The molecule has 2 aromatic rings. The first kappa shape index (κ1) is 12.7. The number of nitrogens with zero attached hydrogens (tertiary/aromatic N) is 2. The maximum absolute atomic E-state index is 13.9. The Hall–Kier alpha value is -1.31. The minimum absolute atomic E-state index is 0.110. The molecule has 1 aromatic heterocycles. The summed E-state index contributed by atoms with van der Waals surface area (Å²) in [4.78, 5) is 4.22. The summed E-state index contributed by atoms with van der Waals surface area (Å²) in [5.74, 6) is 0.237. The average Bonchev–Trinajstić information content (AvgIpc) is 2.92. The second-order valence-corrected chi connectivity index (χ2v) is 5.00. The van der Waals surface area contributed by atoms with E-state index in [4.69, 9.17) is 9.26 Å². The van der Waals surface area contributed by atoms with E-state index in [-0.39, 0.29) is 17.5 Å². The van der Waals surface area contributed by atoms with E-state index in [9.17, 15) is 4.39 Å². The predicted molar refractivity (Wildman–Crippen MR) is 69.0 cm³/mol. The van der Waals surface area contributed by atoms with Crippen LogP contribution in [0.1, 0.15) is 11.9 Å². The molecule has 1 aromatic carbocycles. The van der Waals surface area contributed by atoms with Crippen LogP contribution in [0, 0.1) is 5.82 Å². The van der Waals surface area contributed by atoms with Crippen LogP contribution in [0.5, 0.6) is 0 Å². The van der Waals surface area contributed by atoms with E-state index in [0.29, 0.717) is 23.5 Å². The van der Waals surface area contributed by atoms with Crippen molar-refractivity contribution in [2.24, 2.45) is 0 Å². The highest BCUT2D eigenvalue weighted by atomic mass is 79.9. The second-order valence-electron chi connectivity index (χ2n) is 4.14. The van der Waals surface area contributed by atoms with Gasteiger partial charge < -0.3 is 14.6 Å². The van der Waals surface area contributed by atoms with Crippen molar-refractivity contribution >= 4 is 15.9 Å². The van der Waals surface area contributed by atoms with Crippen LogP contribution in [0.25, 0.3) is 11.5 Å². The van der Waals surface area contributed by atoms with Crippen LogP contribution in [0.4, 0.5) is 4.39 Å². The van der Waals surface area contributed by atoms with Crippen LogP contribution >= 0.6 is 15.9 Å². The van der Waals surface area contributed by atoms with Gasteiger partial charge in [0.2, 0.25) is 0 Å². The van der Waals surface area contributed by atoms with Gasteiger partial charge in [-0.15, -0.1) is 0 Å². The molecule has 1 N–H and O–H groups in total. The lowest BCUT2D eigenvalue weighted by atomic mass is 10.2. The summed E-state index contributed by atoms with van der Waals surface area (Å²) in [6.07, 6.45) is 0. The maximum Gasteiger partial charge on any atom is 0.260 e. The lowest BCUT2D eigenvalue weighted by Crippen LogP contribution is -2.35. The third-order valence-corrected chi connectivity index (χ3v) is 3.47. The highest BCUT2D eigenvalue weighted by molar-refractivity contribution is 9.10. The molecule has 0 spiro atoms. The van der Waals surface area contributed by atoms with Crippen LogP contribution < -0.4 is 5.32 Å². The van der Waals surface area contributed by atoms with E-state index in [1.54, 1.807) is 18.2 Å². The fourth-order valence-electron chi connectivity index (χ4n) is 1.89. The summed E-state index contributed by atoms with van der Waals surface area (Å²) < 4.78 is 24.7. The number of hydrogen-bond acceptors (Lipinski definition) is 5. The van der Waals surface area contributed by atoms with E-state index in [1.165, 1.54) is 0 Å². The van der Waals surface area contributed by atoms with Gasteiger partial charge in [-0.25, -0.2) is 4.39 Å². The van der Waals surface area contributed by atoms with Crippen molar-refractivity contribution in [3.8, 4) is 11.5 Å². The number of ether oxygens (including phenoxy) is 1. The van der Waals surface area contributed by atoms with Gasteiger partial charge in [0.25, 0.3) is 5.89 Å². The molecule has 1 atom stereocenters. The first-order valence-corrected chi connectivity index (χ1v) is 6.64. The number of rotatable bonds is 2. The molecule has 1 aliphatic heterocycles. The normalized spacial score (nSPS) is 19.6. The van der Waals surface area contributed by atoms with Gasteiger partial charge in [-0.2, -0.15) is 4.98 Å². The maximum atomic E-state index is 13.9. The van der Waals surface area contributed by atoms with Crippen LogP contribution in [-0.4, -0.2) is 29.9 Å². The molecular formula is C12H11BrFN3O2. The van der Waals surface area contributed by atoms with Crippen molar-refractivity contribution in [3.63, 3.8) is 0 Å². The molecule has 2 heterocycles. The fourth-order valence-corrected chi connectivity index (χ4v) is 2.25. The standard InChI is InChI=1S/C12H11BrFN3O2/c13-8-3-1-2-7(10(8)14)12-16-11(17-19-12)9-6-18-5-4-15-9/h1-3,9,15H,4-6H2. The smallest absolute Gasteiger partial charge is 0.260 e. The van der Waals surface area contributed by atoms with Gasteiger partial charge in [0.1, 0.15) is 5.82 Å². The van der Waals surface area contributed by atoms with Gasteiger partial charge in [0.05, 0.1) is 29.3 Å². The van der Waals surface area contributed by atoms with E-state index in [0.717, 1.165) is 6.54 Å². The molecule has 3 rings (SSSR count). The van der Waals surface area contributed by atoms with Gasteiger partial charge >= 0.3 is 0 Å². The zero-order valence-electron chi connectivity index (χ0n) is 9.90. The summed E-state index contributed by atoms with van der Waals surface area (Å²) in [6.45, 7) is 1.89. The van der Waals surface area contributed by atoms with E-state index in [2.05, 4.69) is 31.4 Å². The summed E-state index contributed by atoms with van der Waals surface area (Å²) in [7, 11) is 0. The Morgan fingerprint density at radius 1 is 1.42 bits per heavy atom. The van der Waals surface area contributed by atoms with Gasteiger partial charge in [-0.05, 0) is 28.1 Å². The third kappa shape index (κ3) is 2.54. The van der Waals surface area contributed by atoms with Gasteiger partial charge in [-0.3, -0.25) is 0 Å². The number of hydrogen-bond donors (Lipinski definition) is 1. The minimum Gasteiger partial charge on any atom is -0.378 e. The lowest BCUT2D eigenvalue weighted by Gasteiger charge is -2.20. The molecule has 1 aliphatic rings. The first-order chi connectivity index (χ1) is 9.25. The van der Waals surface area contributed by atoms with Crippen molar-refractivity contribution < 1.29 is 13.7 Å². The van der Waals surface area contributed by atoms with Crippen LogP contribution in [0.15, 0.2) is 27.2 Å². The van der Waals surface area contributed by atoms with Crippen LogP contribution in [0.2, 0.25) is 0 Å². The molecule has 1 saturated heterocycles. The molecule has 1 unspecified atom stereocenters. The number of morpholine rings is 1. The number of benzene rings is 1. The van der Waals surface area contributed by atoms with Crippen molar-refractivity contribution in [2.45, 2.75) is 6.04 Å². The Balaban J connectivity index is 1.90. The molecule has 0 amide bonds. The molecule has 0 bridgehead atoms. The molecule has 1 fully saturated rings. The summed E-state index contributed by atoms with van der Waals surface area (Å²) in [6, 6.07) is 4.82. The van der Waals surface area contributed by atoms with Gasteiger partial charge in [0.15, 0.2) is 5.82 Å². The molecule has 0 radical (unpaired) electrons. The highest BCUT2D eigenvalue weighted by Gasteiger charge is 2.22. The van der Waals surface area contributed by atoms with E-state index < -0.39 is 5.82 Å². The molecule has 0 aliphatic carbocycles. The third-order valence-electron chi connectivity index (χ3n) is 2.86. The Morgan fingerprint density at radius 2 is 2.32 bits per heavy atom. The fraction of sp³-hybridized carbons (Fsp3) is 0.333. The van der Waals surface area contributed by atoms with Crippen molar-refractivity contribution in [3.05, 3.63) is 34.3 Å². The largest absolute Gasteiger partial charge is 0.378 e. The summed E-state index contributed by atoms with van der Waals surface area (Å²) >= 11 is 3.13.